The van der Waals surface area contributed by atoms with Crippen LogP contribution < -0.4 is 5.32 Å². The van der Waals surface area contributed by atoms with E-state index in [2.05, 4.69) is 44.9 Å². The van der Waals surface area contributed by atoms with Crippen molar-refractivity contribution in [3.8, 4) is 17.2 Å². The molecular formula is C26H21N7O2S. The molecule has 3 aromatic heterocycles. The highest BCUT2D eigenvalue weighted by molar-refractivity contribution is 7.18. The van der Waals surface area contributed by atoms with Gasteiger partial charge in [0.2, 0.25) is 17.7 Å². The molecule has 0 bridgehead atoms. The topological polar surface area (TPSA) is 123 Å². The fourth-order valence-corrected chi connectivity index (χ4v) is 4.99. The molecule has 178 valence electrons. The van der Waals surface area contributed by atoms with Crippen molar-refractivity contribution < 1.29 is 9.21 Å². The molecule has 9 nitrogen and oxygen atoms in total. The number of fused-ring (bicyclic) bond motifs is 1. The van der Waals surface area contributed by atoms with Crippen LogP contribution in [0.15, 0.2) is 65.3 Å². The highest BCUT2D eigenvalue weighted by Gasteiger charge is 2.44. The van der Waals surface area contributed by atoms with Gasteiger partial charge in [0.25, 0.3) is 0 Å². The third kappa shape index (κ3) is 4.74. The van der Waals surface area contributed by atoms with Gasteiger partial charge in [-0.15, -0.1) is 21.5 Å². The Bertz CT molecular complexity index is 1590. The van der Waals surface area contributed by atoms with Crippen LogP contribution in [0.25, 0.3) is 21.3 Å². The van der Waals surface area contributed by atoms with Gasteiger partial charge in [-0.2, -0.15) is 10.4 Å². The molecule has 0 atom stereocenters. The van der Waals surface area contributed by atoms with E-state index in [0.29, 0.717) is 25.2 Å². The molecule has 1 saturated carbocycles. The van der Waals surface area contributed by atoms with Gasteiger partial charge in [0, 0.05) is 11.8 Å². The molecule has 0 saturated heterocycles. The van der Waals surface area contributed by atoms with E-state index < -0.39 is 5.54 Å². The van der Waals surface area contributed by atoms with Crippen LogP contribution in [0.5, 0.6) is 0 Å². The van der Waals surface area contributed by atoms with Gasteiger partial charge in [0.15, 0.2) is 0 Å². The molecule has 1 fully saturated rings. The van der Waals surface area contributed by atoms with Crippen molar-refractivity contribution >= 4 is 27.5 Å². The van der Waals surface area contributed by atoms with Gasteiger partial charge in [-0.05, 0) is 36.1 Å². The van der Waals surface area contributed by atoms with Crippen molar-refractivity contribution in [2.24, 2.45) is 0 Å². The fraction of sp³-hybridized carbons (Fsp3) is 0.231. The average molecular weight is 496 g/mol. The standard InChI is InChI=1S/C26H21N7O2S/c27-16-26(8-9-26)30-22(34)11-23-31-32-24(35-23)12-25-29-20-7-6-18(10-21(20)36-25)19-13-28-33(15-19)14-17-4-2-1-3-5-17/h1-7,10,13,15H,8-9,11-12,14H2,(H,30,34). The Morgan fingerprint density at radius 1 is 1.14 bits per heavy atom. The van der Waals surface area contributed by atoms with Gasteiger partial charge < -0.3 is 9.73 Å². The molecule has 0 spiro atoms. The van der Waals surface area contributed by atoms with E-state index >= 15 is 0 Å². The largest absolute Gasteiger partial charge is 0.424 e. The number of hydrogen-bond donors (Lipinski definition) is 1. The van der Waals surface area contributed by atoms with Crippen molar-refractivity contribution in [1.82, 2.24) is 30.3 Å². The number of thiazole rings is 1. The predicted molar refractivity (Wildman–Crippen MR) is 133 cm³/mol. The average Bonchev–Trinajstić information content (AvgIpc) is 3.19. The van der Waals surface area contributed by atoms with E-state index in [-0.39, 0.29) is 18.2 Å². The number of nitrogens with one attached hydrogen (secondary N) is 1. The fourth-order valence-electron chi connectivity index (χ4n) is 4.00. The molecule has 5 aromatic rings. The molecule has 36 heavy (non-hydrogen) atoms. The molecule has 6 rings (SSSR count). The molecule has 0 unspecified atom stereocenters. The molecule has 1 N–H and O–H groups in total. The smallest absolute Gasteiger partial charge is 0.230 e. The lowest BCUT2D eigenvalue weighted by molar-refractivity contribution is -0.121. The van der Waals surface area contributed by atoms with E-state index in [1.165, 1.54) is 5.56 Å². The van der Waals surface area contributed by atoms with E-state index in [1.807, 2.05) is 47.4 Å². The summed E-state index contributed by atoms with van der Waals surface area (Å²) in [6.07, 6.45) is 5.63. The lowest BCUT2D eigenvalue weighted by Crippen LogP contribution is -2.36. The van der Waals surface area contributed by atoms with Gasteiger partial charge in [0.05, 0.1) is 35.4 Å². The minimum atomic E-state index is -0.708. The Hall–Kier alpha value is -4.36. The summed E-state index contributed by atoms with van der Waals surface area (Å²) in [7, 11) is 0. The Labute approximate surface area is 210 Å². The van der Waals surface area contributed by atoms with E-state index in [1.54, 1.807) is 11.3 Å². The minimum absolute atomic E-state index is 0.0441. The maximum atomic E-state index is 12.1. The molecule has 10 heteroatoms. The Morgan fingerprint density at radius 2 is 1.97 bits per heavy atom. The molecule has 0 radical (unpaired) electrons. The van der Waals surface area contributed by atoms with Crippen LogP contribution in [0.3, 0.4) is 0 Å². The van der Waals surface area contributed by atoms with Crippen molar-refractivity contribution in [3.63, 3.8) is 0 Å². The molecule has 1 amide bonds. The first kappa shape index (κ1) is 22.1. The number of rotatable bonds is 8. The van der Waals surface area contributed by atoms with Crippen LogP contribution in [0.1, 0.15) is 35.2 Å². The number of nitrogens with zero attached hydrogens (tertiary/aromatic N) is 6. The number of nitriles is 1. The SMILES string of the molecule is N#CC1(NC(=O)Cc2nnc(Cc3nc4ccc(-c5cnn(Cc6ccccc6)c5)cc4s3)o2)CC1. The summed E-state index contributed by atoms with van der Waals surface area (Å²) in [6.45, 7) is 0.723. The summed E-state index contributed by atoms with van der Waals surface area (Å²) < 4.78 is 8.65. The maximum absolute atomic E-state index is 12.1. The van der Waals surface area contributed by atoms with Crippen LogP contribution in [0, 0.1) is 11.3 Å². The quantitative estimate of drug-likeness (QED) is 0.346. The number of aromatic nitrogens is 5. The van der Waals surface area contributed by atoms with Crippen molar-refractivity contribution in [1.29, 1.82) is 5.26 Å². The summed E-state index contributed by atoms with van der Waals surface area (Å²) >= 11 is 1.57. The van der Waals surface area contributed by atoms with Crippen molar-refractivity contribution in [2.75, 3.05) is 0 Å². The minimum Gasteiger partial charge on any atom is -0.424 e. The number of benzene rings is 2. The first-order valence-electron chi connectivity index (χ1n) is 11.6. The summed E-state index contributed by atoms with van der Waals surface area (Å²) in [4.78, 5) is 16.8. The van der Waals surface area contributed by atoms with Gasteiger partial charge >= 0.3 is 0 Å². The third-order valence-electron chi connectivity index (χ3n) is 6.05. The molecule has 1 aliphatic carbocycles. The highest BCUT2D eigenvalue weighted by atomic mass is 32.1. The Kier molecular flexibility index (Phi) is 5.54. The highest BCUT2D eigenvalue weighted by Crippen LogP contribution is 2.34. The summed E-state index contributed by atoms with van der Waals surface area (Å²) in [5.74, 6) is 0.344. The summed E-state index contributed by atoms with van der Waals surface area (Å²) in [5, 5.41) is 25.2. The Balaban J connectivity index is 1.12. The van der Waals surface area contributed by atoms with Crippen LogP contribution >= 0.6 is 11.3 Å². The second kappa shape index (κ2) is 9.02. The van der Waals surface area contributed by atoms with E-state index in [0.717, 1.165) is 32.9 Å². The molecule has 3 heterocycles. The zero-order valence-corrected chi connectivity index (χ0v) is 20.0. The van der Waals surface area contributed by atoms with E-state index in [4.69, 9.17) is 14.7 Å². The van der Waals surface area contributed by atoms with Gasteiger partial charge in [0.1, 0.15) is 17.0 Å². The second-order valence-corrected chi connectivity index (χ2v) is 10.0. The normalized spacial score (nSPS) is 14.0. The molecule has 1 aliphatic rings. The van der Waals surface area contributed by atoms with Crippen LogP contribution in [0.4, 0.5) is 0 Å². The maximum Gasteiger partial charge on any atom is 0.230 e. The molecule has 0 aliphatic heterocycles. The lowest BCUT2D eigenvalue weighted by atomic mass is 10.1. The van der Waals surface area contributed by atoms with Crippen molar-refractivity contribution in [2.45, 2.75) is 37.8 Å². The zero-order chi connectivity index (χ0) is 24.5. The first-order chi connectivity index (χ1) is 17.6. The number of amides is 1. The lowest BCUT2D eigenvalue weighted by Gasteiger charge is -2.06. The zero-order valence-electron chi connectivity index (χ0n) is 19.2. The molecular weight excluding hydrogens is 474 g/mol. The Morgan fingerprint density at radius 3 is 2.78 bits per heavy atom. The second-order valence-electron chi connectivity index (χ2n) is 8.89. The number of carbonyl (C=O) groups is 1. The van der Waals surface area contributed by atoms with Gasteiger partial charge in [-0.25, -0.2) is 4.98 Å². The summed E-state index contributed by atoms with van der Waals surface area (Å²) in [6, 6.07) is 18.5. The number of carbonyl (C=O) groups excluding carboxylic acids is 1. The van der Waals surface area contributed by atoms with Crippen LogP contribution in [-0.4, -0.2) is 36.4 Å². The summed E-state index contributed by atoms with van der Waals surface area (Å²) in [5.41, 5.74) is 3.52. The van der Waals surface area contributed by atoms with Gasteiger partial charge in [-0.1, -0.05) is 36.4 Å². The first-order valence-corrected chi connectivity index (χ1v) is 12.4. The van der Waals surface area contributed by atoms with Crippen molar-refractivity contribution in [3.05, 3.63) is 83.3 Å². The third-order valence-corrected chi connectivity index (χ3v) is 7.07. The van der Waals surface area contributed by atoms with E-state index in [9.17, 15) is 4.79 Å². The molecule has 2 aromatic carbocycles. The van der Waals surface area contributed by atoms with Crippen LogP contribution in [-0.2, 0) is 24.2 Å². The predicted octanol–water partition coefficient (Wildman–Crippen LogP) is 3.90. The number of hydrogen-bond acceptors (Lipinski definition) is 8. The van der Waals surface area contributed by atoms with Crippen LogP contribution in [0.2, 0.25) is 0 Å². The monoisotopic (exact) mass is 495 g/mol. The van der Waals surface area contributed by atoms with Gasteiger partial charge in [-0.3, -0.25) is 9.48 Å².